The van der Waals surface area contributed by atoms with E-state index in [2.05, 4.69) is 15.0 Å². The van der Waals surface area contributed by atoms with Gasteiger partial charge in [-0.25, -0.2) is 4.39 Å². The lowest BCUT2D eigenvalue weighted by molar-refractivity contribution is -0.389. The van der Waals surface area contributed by atoms with Crippen LogP contribution in [0, 0.1) is 15.9 Å². The molecule has 0 fully saturated rings. The van der Waals surface area contributed by atoms with Crippen LogP contribution in [-0.2, 0) is 24.4 Å². The third-order valence-electron chi connectivity index (χ3n) is 5.96. The highest BCUT2D eigenvalue weighted by Crippen LogP contribution is 2.32. The number of imidazole rings is 1. The first-order valence-corrected chi connectivity index (χ1v) is 11.1. The number of halogens is 4. The van der Waals surface area contributed by atoms with E-state index >= 15 is 0 Å². The Hall–Kier alpha value is -4.20. The lowest BCUT2D eigenvalue weighted by atomic mass is 10.0. The van der Waals surface area contributed by atoms with Gasteiger partial charge >= 0.3 is 18.2 Å². The summed E-state index contributed by atoms with van der Waals surface area (Å²) in [6, 6.07) is 8.39. The zero-order valence-electron chi connectivity index (χ0n) is 19.0. The van der Waals surface area contributed by atoms with Gasteiger partial charge in [-0.15, -0.1) is 13.2 Å². The maximum atomic E-state index is 14.1. The highest BCUT2D eigenvalue weighted by Gasteiger charge is 2.33. The minimum absolute atomic E-state index is 0.0928. The van der Waals surface area contributed by atoms with Crippen molar-refractivity contribution in [3.05, 3.63) is 69.7 Å². The SMILES string of the molecule is O=C(CN1Cc2ccc(-c3ccc(OC(F)(F)F)c(F)c3)cc2C1)N[C@@H]1COc2nc([N+](=O)[O-])cn2C1. The molecule has 1 N–H and O–H groups in total. The quantitative estimate of drug-likeness (QED) is 0.301. The van der Waals surface area contributed by atoms with Crippen LogP contribution in [-0.4, -0.2) is 50.8 Å². The van der Waals surface area contributed by atoms with E-state index in [1.165, 1.54) is 16.8 Å². The molecule has 0 radical (unpaired) electrons. The predicted molar refractivity (Wildman–Crippen MR) is 119 cm³/mol. The summed E-state index contributed by atoms with van der Waals surface area (Å²) in [6.45, 7) is 1.47. The third kappa shape index (κ3) is 5.48. The maximum absolute atomic E-state index is 14.1. The van der Waals surface area contributed by atoms with Crippen LogP contribution in [0.5, 0.6) is 11.8 Å². The third-order valence-corrected chi connectivity index (χ3v) is 5.96. The predicted octanol–water partition coefficient (Wildman–Crippen LogP) is 3.39. The van der Waals surface area contributed by atoms with Crippen molar-refractivity contribution in [3.8, 4) is 22.9 Å². The number of hydrogen-bond acceptors (Lipinski definition) is 7. The Morgan fingerprint density at radius 3 is 2.65 bits per heavy atom. The van der Waals surface area contributed by atoms with Crippen molar-refractivity contribution in [2.45, 2.75) is 32.0 Å². The smallest absolute Gasteiger partial charge is 0.444 e. The summed E-state index contributed by atoms with van der Waals surface area (Å²) in [7, 11) is 0. The van der Waals surface area contributed by atoms with Gasteiger partial charge in [0.25, 0.3) is 0 Å². The average Bonchev–Trinajstić information content (AvgIpc) is 3.42. The van der Waals surface area contributed by atoms with Crippen LogP contribution in [0.15, 0.2) is 42.6 Å². The van der Waals surface area contributed by atoms with E-state index < -0.39 is 22.9 Å². The number of hydrogen-bond donors (Lipinski definition) is 1. The standard InChI is InChI=1S/C23H19F4N5O5/c24-18-6-14(3-4-19(18)37-23(25,26)27)13-1-2-15-7-30(8-16(15)5-13)11-21(33)28-17-9-31-10-20(32(34)35)29-22(31)36-12-17/h1-6,10,17H,7-9,11-12H2,(H,28,33)/t17-/m0/s1. The number of aromatic nitrogens is 2. The van der Waals surface area contributed by atoms with Crippen LogP contribution in [0.25, 0.3) is 11.1 Å². The van der Waals surface area contributed by atoms with Crippen LogP contribution in [0.2, 0.25) is 0 Å². The number of carbonyl (C=O) groups is 1. The number of nitrogens with one attached hydrogen (secondary N) is 1. The van der Waals surface area contributed by atoms with Gasteiger partial charge < -0.3 is 24.9 Å². The molecule has 0 saturated heterocycles. The van der Waals surface area contributed by atoms with Gasteiger partial charge in [0.1, 0.15) is 12.8 Å². The summed E-state index contributed by atoms with van der Waals surface area (Å²) in [4.78, 5) is 28.6. The van der Waals surface area contributed by atoms with Crippen LogP contribution < -0.4 is 14.8 Å². The summed E-state index contributed by atoms with van der Waals surface area (Å²) >= 11 is 0. The fourth-order valence-corrected chi connectivity index (χ4v) is 4.39. The summed E-state index contributed by atoms with van der Waals surface area (Å²) in [6.07, 6.45) is -3.73. The summed E-state index contributed by atoms with van der Waals surface area (Å²) in [5.41, 5.74) is 2.90. The van der Waals surface area contributed by atoms with Crippen LogP contribution in [0.1, 0.15) is 11.1 Å². The van der Waals surface area contributed by atoms with Crippen molar-refractivity contribution in [2.75, 3.05) is 13.2 Å². The van der Waals surface area contributed by atoms with Crippen molar-refractivity contribution in [1.82, 2.24) is 19.8 Å². The second kappa shape index (κ2) is 9.35. The van der Waals surface area contributed by atoms with Crippen molar-refractivity contribution in [2.24, 2.45) is 0 Å². The molecule has 2 aromatic carbocycles. The number of rotatable bonds is 6. The Balaban J connectivity index is 1.18. The second-order valence-electron chi connectivity index (χ2n) is 8.69. The van der Waals surface area contributed by atoms with Gasteiger partial charge in [0.05, 0.1) is 19.1 Å². The lowest BCUT2D eigenvalue weighted by Crippen LogP contribution is -2.47. The zero-order chi connectivity index (χ0) is 26.3. The molecule has 194 valence electrons. The summed E-state index contributed by atoms with van der Waals surface area (Å²) in [5, 5.41) is 13.7. The monoisotopic (exact) mass is 521 g/mol. The molecule has 37 heavy (non-hydrogen) atoms. The molecule has 0 saturated carbocycles. The van der Waals surface area contributed by atoms with E-state index in [0.717, 1.165) is 23.3 Å². The zero-order valence-corrected chi connectivity index (χ0v) is 19.0. The van der Waals surface area contributed by atoms with Gasteiger partial charge in [-0.2, -0.15) is 0 Å². The van der Waals surface area contributed by atoms with E-state index in [-0.39, 0.29) is 43.5 Å². The Labute approximate surface area is 206 Å². The molecule has 2 aliphatic heterocycles. The lowest BCUT2D eigenvalue weighted by Gasteiger charge is -2.24. The van der Waals surface area contributed by atoms with Crippen LogP contribution in [0.3, 0.4) is 0 Å². The molecule has 3 heterocycles. The Morgan fingerprint density at radius 1 is 1.19 bits per heavy atom. The molecule has 0 spiro atoms. The number of amides is 1. The van der Waals surface area contributed by atoms with Gasteiger partial charge in [-0.05, 0) is 45.4 Å². The first-order valence-electron chi connectivity index (χ1n) is 11.1. The number of alkyl halides is 3. The summed E-state index contributed by atoms with van der Waals surface area (Å²) < 4.78 is 61.9. The van der Waals surface area contributed by atoms with Gasteiger partial charge in [0.15, 0.2) is 11.6 Å². The minimum atomic E-state index is -4.99. The van der Waals surface area contributed by atoms with Gasteiger partial charge in [-0.1, -0.05) is 18.2 Å². The van der Waals surface area contributed by atoms with Gasteiger partial charge in [-0.3, -0.25) is 14.3 Å². The fraction of sp³-hybridized carbons (Fsp3) is 0.304. The molecule has 2 aliphatic rings. The normalized spacial score (nSPS) is 17.0. The minimum Gasteiger partial charge on any atom is -0.444 e. The van der Waals surface area contributed by atoms with E-state index in [4.69, 9.17) is 4.74 Å². The highest BCUT2D eigenvalue weighted by atomic mass is 19.4. The molecule has 3 aromatic rings. The number of carbonyl (C=O) groups excluding carboxylic acids is 1. The first-order chi connectivity index (χ1) is 17.5. The molecule has 14 heteroatoms. The average molecular weight is 521 g/mol. The van der Waals surface area contributed by atoms with Gasteiger partial charge in [0, 0.05) is 18.1 Å². The fourth-order valence-electron chi connectivity index (χ4n) is 4.39. The topological polar surface area (TPSA) is 112 Å². The van der Waals surface area contributed by atoms with E-state index in [1.54, 1.807) is 6.07 Å². The first kappa shape index (κ1) is 24.5. The van der Waals surface area contributed by atoms with E-state index in [1.807, 2.05) is 17.0 Å². The Bertz CT molecular complexity index is 1380. The number of nitrogens with zero attached hydrogens (tertiary/aromatic N) is 4. The Kier molecular flexibility index (Phi) is 6.19. The molecule has 1 atom stereocenters. The highest BCUT2D eigenvalue weighted by molar-refractivity contribution is 5.78. The molecule has 1 aromatic heterocycles. The molecule has 0 bridgehead atoms. The molecule has 1 amide bonds. The molecule has 0 unspecified atom stereocenters. The van der Waals surface area contributed by atoms with E-state index in [0.29, 0.717) is 24.2 Å². The van der Waals surface area contributed by atoms with Crippen molar-refractivity contribution in [3.63, 3.8) is 0 Å². The largest absolute Gasteiger partial charge is 0.573 e. The second-order valence-corrected chi connectivity index (χ2v) is 8.69. The number of fused-ring (bicyclic) bond motifs is 2. The number of benzene rings is 2. The van der Waals surface area contributed by atoms with Crippen molar-refractivity contribution in [1.29, 1.82) is 0 Å². The summed E-state index contributed by atoms with van der Waals surface area (Å²) in [5.74, 6) is -2.61. The number of nitro groups is 1. The van der Waals surface area contributed by atoms with Crippen LogP contribution >= 0.6 is 0 Å². The Morgan fingerprint density at radius 2 is 1.92 bits per heavy atom. The van der Waals surface area contributed by atoms with E-state index in [9.17, 15) is 32.5 Å². The molecule has 0 aliphatic carbocycles. The van der Waals surface area contributed by atoms with Crippen molar-refractivity contribution < 1.29 is 36.8 Å². The maximum Gasteiger partial charge on any atom is 0.573 e. The molecular formula is C23H19F4N5O5. The van der Waals surface area contributed by atoms with Crippen LogP contribution in [0.4, 0.5) is 23.4 Å². The van der Waals surface area contributed by atoms with Gasteiger partial charge in [0.2, 0.25) is 5.91 Å². The molecule has 10 nitrogen and oxygen atoms in total. The number of ether oxygens (including phenoxy) is 2. The molecular weight excluding hydrogens is 502 g/mol. The molecule has 5 rings (SSSR count). The van der Waals surface area contributed by atoms with Crippen molar-refractivity contribution >= 4 is 11.7 Å².